The molecule has 0 aliphatic rings. The summed E-state index contributed by atoms with van der Waals surface area (Å²) in [5, 5.41) is 0. The van der Waals surface area contributed by atoms with Gasteiger partial charge in [0, 0.05) is 0 Å². The Labute approximate surface area is 123 Å². The summed E-state index contributed by atoms with van der Waals surface area (Å²) in [5.74, 6) is -0.00325. The van der Waals surface area contributed by atoms with E-state index in [1.54, 1.807) is 12.1 Å². The number of hydrogen-bond donors (Lipinski definition) is 0. The van der Waals surface area contributed by atoms with Gasteiger partial charge < -0.3 is 9.42 Å². The van der Waals surface area contributed by atoms with E-state index in [9.17, 15) is 13.7 Å². The standard InChI is InChI=1S/C11H16FO3P.Na/c1-4-11(2,3)9-5-7-10(8-6-9)15-16(12,13)14;/h5-8H,4H2,1-3H3,(H,13,14);/q;+1/p-1. The second kappa shape index (κ2) is 6.35. The van der Waals surface area contributed by atoms with Crippen LogP contribution in [0.2, 0.25) is 0 Å². The van der Waals surface area contributed by atoms with Crippen molar-refractivity contribution in [3.63, 3.8) is 0 Å². The molecule has 1 aromatic carbocycles. The number of hydrogen-bond acceptors (Lipinski definition) is 3. The first kappa shape index (κ1) is 17.1. The summed E-state index contributed by atoms with van der Waals surface area (Å²) in [6.45, 7) is 6.23. The molecule has 1 unspecified atom stereocenters. The Morgan fingerprint density at radius 1 is 1.35 bits per heavy atom. The molecule has 3 nitrogen and oxygen atoms in total. The molecule has 0 aliphatic carbocycles. The average Bonchev–Trinajstić information content (AvgIpc) is 2.16. The van der Waals surface area contributed by atoms with Gasteiger partial charge in [0.25, 0.3) is 0 Å². The van der Waals surface area contributed by atoms with E-state index in [4.69, 9.17) is 0 Å². The molecule has 90 valence electrons. The van der Waals surface area contributed by atoms with Crippen LogP contribution in [0.15, 0.2) is 24.3 Å². The Morgan fingerprint density at radius 3 is 2.18 bits per heavy atom. The van der Waals surface area contributed by atoms with Crippen LogP contribution in [0.5, 0.6) is 5.75 Å². The first-order valence-corrected chi connectivity index (χ1v) is 6.49. The average molecular weight is 268 g/mol. The van der Waals surface area contributed by atoms with E-state index in [1.165, 1.54) is 12.1 Å². The van der Waals surface area contributed by atoms with Crippen molar-refractivity contribution < 1.29 is 47.7 Å². The molecule has 0 bridgehead atoms. The van der Waals surface area contributed by atoms with Gasteiger partial charge in [-0.1, -0.05) is 32.9 Å². The van der Waals surface area contributed by atoms with E-state index in [-0.39, 0.29) is 40.7 Å². The van der Waals surface area contributed by atoms with E-state index in [1.807, 2.05) is 0 Å². The monoisotopic (exact) mass is 268 g/mol. The maximum Gasteiger partial charge on any atom is 1.00 e. The topological polar surface area (TPSA) is 49.4 Å². The Kier molecular flexibility index (Phi) is 6.40. The van der Waals surface area contributed by atoms with Crippen LogP contribution in [-0.2, 0) is 9.98 Å². The Bertz CT molecular complexity index is 400. The van der Waals surface area contributed by atoms with Crippen LogP contribution < -0.4 is 39.0 Å². The quantitative estimate of drug-likeness (QED) is 0.579. The van der Waals surface area contributed by atoms with Gasteiger partial charge in [-0.05, 0) is 29.5 Å². The van der Waals surface area contributed by atoms with Crippen molar-refractivity contribution in [2.45, 2.75) is 32.6 Å². The first-order valence-electron chi connectivity index (χ1n) is 5.05. The Balaban J connectivity index is 0.00000256. The van der Waals surface area contributed by atoms with Crippen LogP contribution in [0.3, 0.4) is 0 Å². The summed E-state index contributed by atoms with van der Waals surface area (Å²) >= 11 is 0. The molecular formula is C11H15FNaO3P. The number of halogens is 1. The van der Waals surface area contributed by atoms with E-state index in [0.29, 0.717) is 0 Å². The molecule has 0 spiro atoms. The summed E-state index contributed by atoms with van der Waals surface area (Å²) in [6.07, 6.45) is 0.955. The zero-order valence-corrected chi connectivity index (χ0v) is 13.5. The van der Waals surface area contributed by atoms with Crippen molar-refractivity contribution in [3.05, 3.63) is 29.8 Å². The molecule has 0 saturated heterocycles. The fourth-order valence-corrected chi connectivity index (χ4v) is 1.67. The molecule has 0 heterocycles. The molecule has 0 aromatic heterocycles. The second-order valence-electron chi connectivity index (χ2n) is 4.28. The van der Waals surface area contributed by atoms with Crippen LogP contribution in [0.4, 0.5) is 4.20 Å². The van der Waals surface area contributed by atoms with Gasteiger partial charge in [0.2, 0.25) is 0 Å². The van der Waals surface area contributed by atoms with Gasteiger partial charge in [0.05, 0.1) is 0 Å². The van der Waals surface area contributed by atoms with Gasteiger partial charge in [0.1, 0.15) is 5.75 Å². The molecule has 6 heteroatoms. The van der Waals surface area contributed by atoms with Crippen LogP contribution >= 0.6 is 7.91 Å². The summed E-state index contributed by atoms with van der Waals surface area (Å²) < 4.78 is 26.7. The van der Waals surface area contributed by atoms with Crippen LogP contribution in [0, 0.1) is 0 Å². The van der Waals surface area contributed by atoms with E-state index in [2.05, 4.69) is 25.3 Å². The van der Waals surface area contributed by atoms with Crippen molar-refractivity contribution in [2.75, 3.05) is 0 Å². The Morgan fingerprint density at radius 2 is 1.82 bits per heavy atom. The first-order chi connectivity index (χ1) is 7.24. The van der Waals surface area contributed by atoms with E-state index >= 15 is 0 Å². The molecule has 0 aliphatic heterocycles. The fraction of sp³-hybridized carbons (Fsp3) is 0.455. The maximum absolute atomic E-state index is 12.3. The molecule has 1 rings (SSSR count). The molecule has 0 radical (unpaired) electrons. The molecule has 17 heavy (non-hydrogen) atoms. The summed E-state index contributed by atoms with van der Waals surface area (Å²) in [5.41, 5.74) is 1.07. The predicted molar refractivity (Wildman–Crippen MR) is 59.1 cm³/mol. The van der Waals surface area contributed by atoms with Gasteiger partial charge in [-0.25, -0.2) is 0 Å². The minimum Gasteiger partial charge on any atom is -0.743 e. The van der Waals surface area contributed by atoms with E-state index in [0.717, 1.165) is 12.0 Å². The zero-order chi connectivity index (χ0) is 12.4. The van der Waals surface area contributed by atoms with Crippen LogP contribution in [0.1, 0.15) is 32.8 Å². The third kappa shape index (κ3) is 5.54. The third-order valence-corrected chi connectivity index (χ3v) is 3.16. The molecule has 1 atom stereocenters. The van der Waals surface area contributed by atoms with Gasteiger partial charge in [-0.3, -0.25) is 4.57 Å². The molecule has 0 saturated carbocycles. The largest absolute Gasteiger partial charge is 1.00 e. The third-order valence-electron chi connectivity index (χ3n) is 2.73. The Hall–Kier alpha value is 0.140. The van der Waals surface area contributed by atoms with Gasteiger partial charge >= 0.3 is 37.5 Å². The van der Waals surface area contributed by atoms with Crippen molar-refractivity contribution in [2.24, 2.45) is 0 Å². The SMILES string of the molecule is CCC(C)(C)c1ccc(OP(=O)([O-])F)cc1.[Na+]. The molecule has 0 fully saturated rings. The predicted octanol–water partition coefficient (Wildman–Crippen LogP) is 0.195. The van der Waals surface area contributed by atoms with Gasteiger partial charge in [-0.15, -0.1) is 0 Å². The minimum atomic E-state index is -5.20. The van der Waals surface area contributed by atoms with Gasteiger partial charge in [0.15, 0.2) is 0 Å². The maximum atomic E-state index is 12.3. The van der Waals surface area contributed by atoms with Crippen molar-refractivity contribution in [1.82, 2.24) is 0 Å². The summed E-state index contributed by atoms with van der Waals surface area (Å²) in [4.78, 5) is 10.3. The summed E-state index contributed by atoms with van der Waals surface area (Å²) in [6, 6.07) is 6.40. The minimum absolute atomic E-state index is 0. The number of rotatable bonds is 4. The van der Waals surface area contributed by atoms with Gasteiger partial charge in [-0.2, -0.15) is 4.20 Å². The van der Waals surface area contributed by atoms with E-state index < -0.39 is 7.91 Å². The van der Waals surface area contributed by atoms with Crippen LogP contribution in [-0.4, -0.2) is 0 Å². The smallest absolute Gasteiger partial charge is 0.743 e. The second-order valence-corrected chi connectivity index (χ2v) is 5.33. The fourth-order valence-electron chi connectivity index (χ4n) is 1.30. The number of benzene rings is 1. The van der Waals surface area contributed by atoms with Crippen molar-refractivity contribution in [1.29, 1.82) is 0 Å². The summed E-state index contributed by atoms with van der Waals surface area (Å²) in [7, 11) is -5.20. The normalized spacial score (nSPS) is 14.6. The molecule has 0 N–H and O–H groups in total. The molecule has 1 aromatic rings. The molecular weight excluding hydrogens is 253 g/mol. The van der Waals surface area contributed by atoms with Crippen molar-refractivity contribution in [3.8, 4) is 5.75 Å². The van der Waals surface area contributed by atoms with Crippen molar-refractivity contribution >= 4 is 7.91 Å². The van der Waals surface area contributed by atoms with Crippen LogP contribution in [0.25, 0.3) is 0 Å². The zero-order valence-electron chi connectivity index (χ0n) is 10.6. The molecule has 0 amide bonds.